The highest BCUT2D eigenvalue weighted by atomic mass is 35.5. The van der Waals surface area contributed by atoms with Crippen molar-refractivity contribution in [2.75, 3.05) is 11.2 Å². The van der Waals surface area contributed by atoms with Gasteiger partial charge in [0, 0.05) is 18.2 Å². The van der Waals surface area contributed by atoms with Crippen LogP contribution in [0.2, 0.25) is 0 Å². The van der Waals surface area contributed by atoms with Gasteiger partial charge in [-0.1, -0.05) is 37.5 Å². The summed E-state index contributed by atoms with van der Waals surface area (Å²) in [6.07, 6.45) is 10.0. The zero-order chi connectivity index (χ0) is 15.8. The number of hydrogen-bond donors (Lipinski definition) is 1. The van der Waals surface area contributed by atoms with Gasteiger partial charge in [0.25, 0.3) is 0 Å². The Bertz CT molecular complexity index is 458. The summed E-state index contributed by atoms with van der Waals surface area (Å²) >= 11 is 7.14. The highest BCUT2D eigenvalue weighted by Gasteiger charge is 2.26. The lowest BCUT2D eigenvalue weighted by atomic mass is 9.79. The second kappa shape index (κ2) is 9.46. The molecule has 2 rings (SSSR count). The molecule has 1 fully saturated rings. The molecular formula is C16H26ClN3OS. The molecule has 0 aliphatic heterocycles. The van der Waals surface area contributed by atoms with Crippen LogP contribution in [0, 0.1) is 11.8 Å². The molecule has 1 aliphatic rings. The molecule has 124 valence electrons. The van der Waals surface area contributed by atoms with Crippen LogP contribution in [0.15, 0.2) is 0 Å². The van der Waals surface area contributed by atoms with Gasteiger partial charge in [0.2, 0.25) is 11.0 Å². The van der Waals surface area contributed by atoms with Crippen LogP contribution in [0.4, 0.5) is 5.13 Å². The van der Waals surface area contributed by atoms with Crippen molar-refractivity contribution in [3.8, 4) is 0 Å². The number of aromatic nitrogens is 2. The van der Waals surface area contributed by atoms with Crippen molar-refractivity contribution in [2.45, 2.75) is 64.7 Å². The second-order valence-corrected chi connectivity index (χ2v) is 7.58. The monoisotopic (exact) mass is 343 g/mol. The Morgan fingerprint density at radius 2 is 2.05 bits per heavy atom. The van der Waals surface area contributed by atoms with Crippen LogP contribution < -0.4 is 5.32 Å². The minimum absolute atomic E-state index is 0.119. The van der Waals surface area contributed by atoms with E-state index in [4.69, 9.17) is 11.6 Å². The molecule has 22 heavy (non-hydrogen) atoms. The van der Waals surface area contributed by atoms with Crippen LogP contribution in [0.5, 0.6) is 0 Å². The third-order valence-corrected chi connectivity index (χ3v) is 5.57. The van der Waals surface area contributed by atoms with Crippen molar-refractivity contribution >= 4 is 34.0 Å². The average molecular weight is 344 g/mol. The topological polar surface area (TPSA) is 54.9 Å². The first-order chi connectivity index (χ1) is 10.7. The van der Waals surface area contributed by atoms with Gasteiger partial charge >= 0.3 is 0 Å². The average Bonchev–Trinajstić information content (AvgIpc) is 2.98. The van der Waals surface area contributed by atoms with Crippen LogP contribution in [0.1, 0.15) is 63.3 Å². The lowest BCUT2D eigenvalue weighted by Gasteiger charge is -2.27. The molecule has 1 heterocycles. The Morgan fingerprint density at radius 1 is 1.27 bits per heavy atom. The van der Waals surface area contributed by atoms with E-state index in [9.17, 15) is 4.79 Å². The first-order valence-corrected chi connectivity index (χ1v) is 9.77. The smallest absolute Gasteiger partial charge is 0.229 e. The van der Waals surface area contributed by atoms with E-state index in [0.29, 0.717) is 11.0 Å². The van der Waals surface area contributed by atoms with Crippen LogP contribution in [0.3, 0.4) is 0 Å². The van der Waals surface area contributed by atoms with Crippen LogP contribution in [-0.4, -0.2) is 22.0 Å². The van der Waals surface area contributed by atoms with E-state index in [1.807, 2.05) is 0 Å². The number of nitrogens with one attached hydrogen (secondary N) is 1. The number of hydrogen-bond acceptors (Lipinski definition) is 4. The molecule has 1 saturated carbocycles. The number of aryl methyl sites for hydroxylation is 1. The van der Waals surface area contributed by atoms with Gasteiger partial charge < -0.3 is 5.32 Å². The predicted molar refractivity (Wildman–Crippen MR) is 92.6 cm³/mol. The van der Waals surface area contributed by atoms with Crippen LogP contribution in [-0.2, 0) is 11.2 Å². The summed E-state index contributed by atoms with van der Waals surface area (Å²) in [5.41, 5.74) is 0. The third-order valence-electron chi connectivity index (χ3n) is 4.40. The van der Waals surface area contributed by atoms with Crippen molar-refractivity contribution in [2.24, 2.45) is 11.8 Å². The zero-order valence-corrected chi connectivity index (χ0v) is 14.9. The van der Waals surface area contributed by atoms with Crippen molar-refractivity contribution in [1.29, 1.82) is 0 Å². The van der Waals surface area contributed by atoms with Crippen molar-refractivity contribution in [3.63, 3.8) is 0 Å². The van der Waals surface area contributed by atoms with E-state index in [1.165, 1.54) is 43.4 Å². The summed E-state index contributed by atoms with van der Waals surface area (Å²) in [6, 6.07) is 0. The van der Waals surface area contributed by atoms with Gasteiger partial charge in [0.05, 0.1) is 0 Å². The highest BCUT2D eigenvalue weighted by molar-refractivity contribution is 7.15. The van der Waals surface area contributed by atoms with Gasteiger partial charge in [-0.15, -0.1) is 21.8 Å². The summed E-state index contributed by atoms with van der Waals surface area (Å²) in [6.45, 7) is 2.24. The Morgan fingerprint density at radius 3 is 2.73 bits per heavy atom. The quantitative estimate of drug-likeness (QED) is 0.699. The molecule has 0 aromatic carbocycles. The molecule has 1 N–H and O–H groups in total. The Labute approximate surface area is 142 Å². The number of alkyl halides is 1. The fourth-order valence-electron chi connectivity index (χ4n) is 3.04. The van der Waals surface area contributed by atoms with Gasteiger partial charge in [0.15, 0.2) is 0 Å². The lowest BCUT2D eigenvalue weighted by Crippen LogP contribution is -2.27. The van der Waals surface area contributed by atoms with Gasteiger partial charge in [-0.3, -0.25) is 4.79 Å². The van der Waals surface area contributed by atoms with Crippen molar-refractivity contribution < 1.29 is 4.79 Å². The van der Waals surface area contributed by atoms with Gasteiger partial charge in [-0.25, -0.2) is 0 Å². The number of halogens is 1. The van der Waals surface area contributed by atoms with E-state index >= 15 is 0 Å². The molecule has 0 unspecified atom stereocenters. The van der Waals surface area contributed by atoms with Gasteiger partial charge in [-0.2, -0.15) is 0 Å². The van der Waals surface area contributed by atoms with Gasteiger partial charge in [0.1, 0.15) is 5.01 Å². The first-order valence-electron chi connectivity index (χ1n) is 8.42. The number of carbonyl (C=O) groups is 1. The standard InChI is InChI=1S/C16H26ClN3OS/c1-2-3-5-12-7-9-13(10-8-12)15(21)18-16-20-19-14(22-16)6-4-11-17/h12-13H,2-11H2,1H3,(H,18,20,21). The molecule has 1 aromatic heterocycles. The molecule has 0 radical (unpaired) electrons. The van der Waals surface area contributed by atoms with Crippen LogP contribution >= 0.6 is 22.9 Å². The molecule has 0 saturated heterocycles. The Kier molecular flexibility index (Phi) is 7.60. The number of unbranched alkanes of at least 4 members (excludes halogenated alkanes) is 1. The molecule has 4 nitrogen and oxygen atoms in total. The van der Waals surface area contributed by atoms with Crippen LogP contribution in [0.25, 0.3) is 0 Å². The summed E-state index contributed by atoms with van der Waals surface area (Å²) in [7, 11) is 0. The second-order valence-electron chi connectivity index (χ2n) is 6.14. The highest BCUT2D eigenvalue weighted by Crippen LogP contribution is 2.32. The molecule has 0 atom stereocenters. The summed E-state index contributed by atoms with van der Waals surface area (Å²) < 4.78 is 0. The number of amides is 1. The Hall–Kier alpha value is -0.680. The molecular weight excluding hydrogens is 318 g/mol. The third kappa shape index (κ3) is 5.51. The maximum atomic E-state index is 12.3. The molecule has 0 bridgehead atoms. The lowest BCUT2D eigenvalue weighted by molar-refractivity contribution is -0.121. The minimum atomic E-state index is 0.119. The minimum Gasteiger partial charge on any atom is -0.300 e. The fraction of sp³-hybridized carbons (Fsp3) is 0.812. The Balaban J connectivity index is 1.74. The van der Waals surface area contributed by atoms with E-state index < -0.39 is 0 Å². The molecule has 0 spiro atoms. The number of rotatable bonds is 8. The van der Waals surface area contributed by atoms with Gasteiger partial charge in [-0.05, 0) is 38.0 Å². The van der Waals surface area contributed by atoms with E-state index in [2.05, 4.69) is 22.4 Å². The number of nitrogens with zero attached hydrogens (tertiary/aromatic N) is 2. The normalized spacial score (nSPS) is 21.7. The van der Waals surface area contributed by atoms with Crippen molar-refractivity contribution in [1.82, 2.24) is 10.2 Å². The van der Waals surface area contributed by atoms with Crippen molar-refractivity contribution in [3.05, 3.63) is 5.01 Å². The largest absolute Gasteiger partial charge is 0.300 e. The summed E-state index contributed by atoms with van der Waals surface area (Å²) in [5.74, 6) is 1.72. The molecule has 1 amide bonds. The first kappa shape index (κ1) is 17.7. The van der Waals surface area contributed by atoms with E-state index in [0.717, 1.165) is 36.6 Å². The fourth-order valence-corrected chi connectivity index (χ4v) is 3.95. The molecule has 1 aliphatic carbocycles. The maximum Gasteiger partial charge on any atom is 0.229 e. The molecule has 6 heteroatoms. The summed E-state index contributed by atoms with van der Waals surface area (Å²) in [5, 5.41) is 12.7. The number of carbonyl (C=O) groups excluding carboxylic acids is 1. The summed E-state index contributed by atoms with van der Waals surface area (Å²) in [4.78, 5) is 12.3. The maximum absolute atomic E-state index is 12.3. The van der Waals surface area contributed by atoms with E-state index in [1.54, 1.807) is 0 Å². The predicted octanol–water partition coefficient (Wildman–Crippen LogP) is 4.64. The zero-order valence-electron chi connectivity index (χ0n) is 13.3. The SMILES string of the molecule is CCCCC1CCC(C(=O)Nc2nnc(CCCCl)s2)CC1. The van der Waals surface area contributed by atoms with E-state index in [-0.39, 0.29) is 11.8 Å². The molecule has 1 aromatic rings. The number of anilines is 1.